The molecule has 2 N–H and O–H groups in total. The third kappa shape index (κ3) is 4.25. The first kappa shape index (κ1) is 23.3. The second-order valence-electron chi connectivity index (χ2n) is 8.85. The van der Waals surface area contributed by atoms with Gasteiger partial charge in [0.2, 0.25) is 0 Å². The monoisotopic (exact) mass is 450 g/mol. The van der Waals surface area contributed by atoms with E-state index < -0.39 is 6.10 Å². The number of methoxy groups -OCH3 is 1. The topological polar surface area (TPSA) is 72.7 Å². The number of aromatic nitrogens is 1. The van der Waals surface area contributed by atoms with Gasteiger partial charge in [-0.25, -0.2) is 0 Å². The molecule has 0 spiro atoms. The number of nitrogens with one attached hydrogen (secondary N) is 1. The van der Waals surface area contributed by atoms with Gasteiger partial charge in [-0.1, -0.05) is 26.0 Å². The van der Waals surface area contributed by atoms with Crippen molar-refractivity contribution in [3.8, 4) is 5.75 Å². The summed E-state index contributed by atoms with van der Waals surface area (Å²) in [5.41, 5.74) is 7.67. The van der Waals surface area contributed by atoms with E-state index in [9.17, 15) is 9.90 Å². The van der Waals surface area contributed by atoms with Crippen molar-refractivity contribution >= 4 is 10.9 Å². The molecule has 2 aromatic carbocycles. The highest BCUT2D eigenvalue weighted by Crippen LogP contribution is 2.34. The Morgan fingerprint density at radius 1 is 1.09 bits per heavy atom. The number of fused-ring (bicyclic) bond motifs is 2. The molecular formula is C27H34N2O4. The molecule has 0 fully saturated rings. The molecular weight excluding hydrogens is 416 g/mol. The molecule has 6 heteroatoms. The zero-order chi connectivity index (χ0) is 23.7. The van der Waals surface area contributed by atoms with Gasteiger partial charge < -0.3 is 20.0 Å². The number of benzene rings is 2. The van der Waals surface area contributed by atoms with Gasteiger partial charge in [0.1, 0.15) is 18.4 Å². The summed E-state index contributed by atoms with van der Waals surface area (Å²) in [6.45, 7) is 6.81. The molecule has 0 saturated heterocycles. The zero-order valence-corrected chi connectivity index (χ0v) is 20.2. The van der Waals surface area contributed by atoms with E-state index in [4.69, 9.17) is 9.57 Å². The number of hydrogen-bond donors (Lipinski definition) is 2. The Balaban J connectivity index is 1.58. The van der Waals surface area contributed by atoms with Crippen molar-refractivity contribution in [1.82, 2.24) is 10.0 Å². The molecule has 3 aromatic rings. The Hall–Kier alpha value is -2.83. The van der Waals surface area contributed by atoms with Crippen LogP contribution in [0.4, 0.5) is 0 Å². The van der Waals surface area contributed by atoms with Gasteiger partial charge in [0.25, 0.3) is 5.56 Å². The summed E-state index contributed by atoms with van der Waals surface area (Å²) in [5.74, 6) is 0.538. The summed E-state index contributed by atoms with van der Waals surface area (Å²) in [4.78, 5) is 17.6. The lowest BCUT2D eigenvalue weighted by Crippen LogP contribution is -2.33. The molecule has 33 heavy (non-hydrogen) atoms. The second kappa shape index (κ2) is 9.57. The molecule has 0 aliphatic heterocycles. The number of rotatable bonds is 8. The van der Waals surface area contributed by atoms with Crippen LogP contribution in [0.3, 0.4) is 0 Å². The van der Waals surface area contributed by atoms with Crippen LogP contribution >= 0.6 is 0 Å². The predicted molar refractivity (Wildman–Crippen MR) is 131 cm³/mol. The SMILES string of the molecule is CCc1cc2c(cc1CC)CC(NCC(O)c1c(C)cc(OC)c3c1ccc(=O)n3OC)C2. The third-order valence-corrected chi connectivity index (χ3v) is 6.90. The van der Waals surface area contributed by atoms with Crippen molar-refractivity contribution in [3.05, 3.63) is 74.1 Å². The van der Waals surface area contributed by atoms with Crippen LogP contribution in [-0.2, 0) is 25.7 Å². The van der Waals surface area contributed by atoms with Crippen LogP contribution in [0.2, 0.25) is 0 Å². The van der Waals surface area contributed by atoms with Crippen LogP contribution in [0.1, 0.15) is 53.3 Å². The van der Waals surface area contributed by atoms with E-state index in [-0.39, 0.29) is 5.56 Å². The number of aliphatic hydroxyl groups excluding tert-OH is 1. The van der Waals surface area contributed by atoms with Gasteiger partial charge in [-0.15, -0.1) is 4.73 Å². The number of nitrogens with zero attached hydrogens (tertiary/aromatic N) is 1. The molecule has 1 aromatic heterocycles. The van der Waals surface area contributed by atoms with Crippen LogP contribution in [0, 0.1) is 6.92 Å². The normalized spacial score (nSPS) is 14.5. The summed E-state index contributed by atoms with van der Waals surface area (Å²) in [6.07, 6.45) is 3.34. The molecule has 1 aliphatic carbocycles. The summed E-state index contributed by atoms with van der Waals surface area (Å²) >= 11 is 0. The third-order valence-electron chi connectivity index (χ3n) is 6.90. The van der Waals surface area contributed by atoms with E-state index in [1.165, 1.54) is 40.2 Å². The second-order valence-corrected chi connectivity index (χ2v) is 8.85. The minimum absolute atomic E-state index is 0.285. The highest BCUT2D eigenvalue weighted by molar-refractivity contribution is 5.89. The smallest absolute Gasteiger partial charge is 0.283 e. The fraction of sp³-hybridized carbons (Fsp3) is 0.444. The number of aliphatic hydroxyl groups is 1. The van der Waals surface area contributed by atoms with Crippen molar-refractivity contribution in [2.75, 3.05) is 20.8 Å². The van der Waals surface area contributed by atoms with Crippen molar-refractivity contribution in [3.63, 3.8) is 0 Å². The first-order chi connectivity index (χ1) is 15.9. The minimum Gasteiger partial charge on any atom is -0.494 e. The quantitative estimate of drug-likeness (QED) is 0.551. The maximum Gasteiger partial charge on any atom is 0.283 e. The van der Waals surface area contributed by atoms with Crippen molar-refractivity contribution in [2.45, 2.75) is 58.6 Å². The molecule has 6 nitrogen and oxygen atoms in total. The summed E-state index contributed by atoms with van der Waals surface area (Å²) in [5, 5.41) is 15.5. The lowest BCUT2D eigenvalue weighted by Gasteiger charge is -2.22. The van der Waals surface area contributed by atoms with Crippen molar-refractivity contribution in [1.29, 1.82) is 0 Å². The number of ether oxygens (including phenoxy) is 1. The molecule has 1 atom stereocenters. The van der Waals surface area contributed by atoms with E-state index in [0.29, 0.717) is 23.9 Å². The van der Waals surface area contributed by atoms with E-state index in [1.807, 2.05) is 13.0 Å². The molecule has 176 valence electrons. The number of hydrogen-bond acceptors (Lipinski definition) is 5. The average Bonchev–Trinajstić information content (AvgIpc) is 3.22. The standard InChI is InChI=1S/C27H34N2O4/c1-6-17-11-19-13-21(14-20(19)12-18(17)7-2)28-15-23(30)26-16(3)10-24(32-4)27-22(26)8-9-25(31)29(27)33-5/h8-12,21,23,28,30H,6-7,13-15H2,1-5H3. The highest BCUT2D eigenvalue weighted by atomic mass is 16.7. The Bertz CT molecular complexity index is 1200. The summed E-state index contributed by atoms with van der Waals surface area (Å²) < 4.78 is 6.73. The Morgan fingerprint density at radius 3 is 2.27 bits per heavy atom. The molecule has 1 heterocycles. The number of aryl methyl sites for hydroxylation is 3. The Morgan fingerprint density at radius 2 is 1.73 bits per heavy atom. The van der Waals surface area contributed by atoms with E-state index in [0.717, 1.165) is 42.2 Å². The van der Waals surface area contributed by atoms with Crippen LogP contribution in [0.15, 0.2) is 35.1 Å². The molecule has 4 rings (SSSR count). The molecule has 1 aliphatic rings. The van der Waals surface area contributed by atoms with Crippen LogP contribution < -0.4 is 20.5 Å². The molecule has 0 saturated carbocycles. The van der Waals surface area contributed by atoms with Crippen LogP contribution in [0.5, 0.6) is 5.75 Å². The number of pyridine rings is 1. The van der Waals surface area contributed by atoms with Gasteiger partial charge in [-0.05, 0) is 78.1 Å². The Kier molecular flexibility index (Phi) is 6.77. The van der Waals surface area contributed by atoms with Gasteiger partial charge in [0.15, 0.2) is 0 Å². The van der Waals surface area contributed by atoms with Gasteiger partial charge >= 0.3 is 0 Å². The van der Waals surface area contributed by atoms with Crippen LogP contribution in [0.25, 0.3) is 10.9 Å². The maximum absolute atomic E-state index is 12.3. The largest absolute Gasteiger partial charge is 0.494 e. The molecule has 0 bridgehead atoms. The van der Waals surface area contributed by atoms with E-state index >= 15 is 0 Å². The predicted octanol–water partition coefficient (Wildman–Crippen LogP) is 3.29. The van der Waals surface area contributed by atoms with Gasteiger partial charge in [0, 0.05) is 24.0 Å². The highest BCUT2D eigenvalue weighted by Gasteiger charge is 2.25. The fourth-order valence-electron chi connectivity index (χ4n) is 5.26. The van der Waals surface area contributed by atoms with Crippen molar-refractivity contribution in [2.24, 2.45) is 0 Å². The minimum atomic E-state index is -0.734. The lowest BCUT2D eigenvalue weighted by molar-refractivity contribution is 0.165. The van der Waals surface area contributed by atoms with Gasteiger partial charge in [-0.2, -0.15) is 0 Å². The summed E-state index contributed by atoms with van der Waals surface area (Å²) in [6, 6.07) is 10.1. The summed E-state index contributed by atoms with van der Waals surface area (Å²) in [7, 11) is 3.01. The fourth-order valence-corrected chi connectivity index (χ4v) is 5.26. The zero-order valence-electron chi connectivity index (χ0n) is 20.2. The first-order valence-electron chi connectivity index (χ1n) is 11.7. The van der Waals surface area contributed by atoms with E-state index in [2.05, 4.69) is 31.3 Å². The average molecular weight is 451 g/mol. The molecule has 1 unspecified atom stereocenters. The van der Waals surface area contributed by atoms with Crippen molar-refractivity contribution < 1.29 is 14.7 Å². The van der Waals surface area contributed by atoms with E-state index in [1.54, 1.807) is 13.2 Å². The lowest BCUT2D eigenvalue weighted by atomic mass is 9.96. The Labute approximate surface area is 195 Å². The maximum atomic E-state index is 12.3. The van der Waals surface area contributed by atoms with Gasteiger partial charge in [0.05, 0.1) is 13.2 Å². The molecule has 0 radical (unpaired) electrons. The first-order valence-corrected chi connectivity index (χ1v) is 11.7. The molecule has 0 amide bonds. The van der Waals surface area contributed by atoms with Crippen LogP contribution in [-0.4, -0.2) is 36.6 Å². The van der Waals surface area contributed by atoms with Gasteiger partial charge in [-0.3, -0.25) is 4.79 Å².